The Labute approximate surface area is 162 Å². The van der Waals surface area contributed by atoms with Crippen molar-refractivity contribution in [1.82, 2.24) is 4.98 Å². The van der Waals surface area contributed by atoms with Crippen LogP contribution in [0.3, 0.4) is 0 Å². The molecule has 1 heterocycles. The number of aromatic nitrogens is 1. The van der Waals surface area contributed by atoms with Crippen LogP contribution in [0.2, 0.25) is 5.02 Å². The lowest BCUT2D eigenvalue weighted by Crippen LogP contribution is -2.12. The molecule has 1 aromatic heterocycles. The van der Waals surface area contributed by atoms with Crippen LogP contribution in [-0.2, 0) is 0 Å². The molecule has 1 amide bonds. The highest BCUT2D eigenvalue weighted by Crippen LogP contribution is 2.21. The highest BCUT2D eigenvalue weighted by molar-refractivity contribution is 6.31. The van der Waals surface area contributed by atoms with E-state index in [1.807, 2.05) is 13.0 Å². The van der Waals surface area contributed by atoms with E-state index >= 15 is 0 Å². The van der Waals surface area contributed by atoms with Crippen LogP contribution in [0.25, 0.3) is 0 Å². The van der Waals surface area contributed by atoms with Gasteiger partial charge < -0.3 is 10.6 Å². The SMILES string of the molecule is CC(=O)c1ccc(Nc2ccc(C(=O)Nc3ccc(C)c(Cl)c3)cn2)cc1. The van der Waals surface area contributed by atoms with Gasteiger partial charge in [-0.15, -0.1) is 0 Å². The molecule has 6 heteroatoms. The standard InChI is InChI=1S/C21H18ClN3O2/c1-13-3-7-18(11-19(13)22)25-21(27)16-6-10-20(23-12-16)24-17-8-4-15(5-9-17)14(2)26/h3-12H,1-2H3,(H,23,24)(H,25,27). The van der Waals surface area contributed by atoms with Crippen LogP contribution < -0.4 is 10.6 Å². The monoisotopic (exact) mass is 379 g/mol. The molecule has 0 saturated heterocycles. The number of Topliss-reactive ketones (excluding diaryl/α,β-unsaturated/α-hetero) is 1. The number of nitrogens with one attached hydrogen (secondary N) is 2. The molecule has 0 atom stereocenters. The molecular weight excluding hydrogens is 362 g/mol. The van der Waals surface area contributed by atoms with Crippen molar-refractivity contribution in [2.45, 2.75) is 13.8 Å². The van der Waals surface area contributed by atoms with Gasteiger partial charge in [0.1, 0.15) is 5.82 Å². The van der Waals surface area contributed by atoms with Crippen molar-refractivity contribution >= 4 is 40.5 Å². The maximum Gasteiger partial charge on any atom is 0.257 e. The number of aryl methyl sites for hydroxylation is 1. The number of pyridine rings is 1. The average molecular weight is 380 g/mol. The van der Waals surface area contributed by atoms with Gasteiger partial charge in [0.15, 0.2) is 5.78 Å². The number of carbonyl (C=O) groups excluding carboxylic acids is 2. The van der Waals surface area contributed by atoms with Crippen molar-refractivity contribution in [2.75, 3.05) is 10.6 Å². The number of benzene rings is 2. The largest absolute Gasteiger partial charge is 0.340 e. The van der Waals surface area contributed by atoms with Crippen LogP contribution in [-0.4, -0.2) is 16.7 Å². The van der Waals surface area contributed by atoms with Crippen molar-refractivity contribution < 1.29 is 9.59 Å². The van der Waals surface area contributed by atoms with Crippen molar-refractivity contribution in [3.63, 3.8) is 0 Å². The Morgan fingerprint density at radius 1 is 0.926 bits per heavy atom. The molecular formula is C21H18ClN3O2. The number of hydrogen-bond donors (Lipinski definition) is 2. The molecule has 0 aliphatic heterocycles. The number of halogens is 1. The Morgan fingerprint density at radius 2 is 1.59 bits per heavy atom. The zero-order chi connectivity index (χ0) is 19.4. The van der Waals surface area contributed by atoms with Crippen molar-refractivity contribution in [3.05, 3.63) is 82.5 Å². The Bertz CT molecular complexity index is 983. The summed E-state index contributed by atoms with van der Waals surface area (Å²) in [6, 6.07) is 15.9. The Morgan fingerprint density at radius 3 is 2.19 bits per heavy atom. The normalized spacial score (nSPS) is 10.3. The molecule has 27 heavy (non-hydrogen) atoms. The molecule has 5 nitrogen and oxygen atoms in total. The molecule has 3 aromatic rings. The molecule has 0 bridgehead atoms. The number of rotatable bonds is 5. The van der Waals surface area contributed by atoms with Gasteiger partial charge >= 0.3 is 0 Å². The van der Waals surface area contributed by atoms with Crippen molar-refractivity contribution in [3.8, 4) is 0 Å². The third kappa shape index (κ3) is 4.71. The van der Waals surface area contributed by atoms with Gasteiger partial charge in [0.2, 0.25) is 0 Å². The number of amides is 1. The lowest BCUT2D eigenvalue weighted by atomic mass is 10.1. The quantitative estimate of drug-likeness (QED) is 0.594. The fourth-order valence-electron chi connectivity index (χ4n) is 2.41. The summed E-state index contributed by atoms with van der Waals surface area (Å²) in [5.74, 6) is 0.352. The van der Waals surface area contributed by atoms with Crippen LogP contribution in [0.1, 0.15) is 33.2 Å². The van der Waals surface area contributed by atoms with Gasteiger partial charge in [-0.3, -0.25) is 9.59 Å². The molecule has 0 radical (unpaired) electrons. The summed E-state index contributed by atoms with van der Waals surface area (Å²) >= 11 is 6.08. The minimum absolute atomic E-state index is 0.0184. The molecule has 0 aliphatic rings. The van der Waals surface area contributed by atoms with E-state index in [0.717, 1.165) is 11.3 Å². The second-order valence-corrected chi connectivity index (χ2v) is 6.52. The molecule has 0 aliphatic carbocycles. The molecule has 0 unspecified atom stereocenters. The summed E-state index contributed by atoms with van der Waals surface area (Å²) in [7, 11) is 0. The maximum atomic E-state index is 12.3. The first-order valence-corrected chi connectivity index (χ1v) is 8.72. The van der Waals surface area contributed by atoms with E-state index in [4.69, 9.17) is 11.6 Å². The van der Waals surface area contributed by atoms with Crippen LogP contribution in [0.5, 0.6) is 0 Å². The molecule has 0 spiro atoms. The molecule has 0 fully saturated rings. The summed E-state index contributed by atoms with van der Waals surface area (Å²) in [4.78, 5) is 27.9. The highest BCUT2D eigenvalue weighted by Gasteiger charge is 2.08. The zero-order valence-corrected chi connectivity index (χ0v) is 15.7. The summed E-state index contributed by atoms with van der Waals surface area (Å²) in [5, 5.41) is 6.52. The van der Waals surface area contributed by atoms with Gasteiger partial charge in [-0.25, -0.2) is 4.98 Å². The van der Waals surface area contributed by atoms with Gasteiger partial charge in [-0.05, 0) is 67.9 Å². The molecule has 2 N–H and O–H groups in total. The highest BCUT2D eigenvalue weighted by atomic mass is 35.5. The third-order valence-corrected chi connectivity index (χ3v) is 4.43. The van der Waals surface area contributed by atoms with E-state index in [1.54, 1.807) is 48.5 Å². The van der Waals surface area contributed by atoms with Crippen LogP contribution in [0.4, 0.5) is 17.2 Å². The van der Waals surface area contributed by atoms with Gasteiger partial charge in [0, 0.05) is 28.2 Å². The first kappa shape index (κ1) is 18.6. The molecule has 3 rings (SSSR count). The predicted molar refractivity (Wildman–Crippen MR) is 108 cm³/mol. The topological polar surface area (TPSA) is 71.1 Å². The van der Waals surface area contributed by atoms with Gasteiger partial charge in [0.05, 0.1) is 5.56 Å². The van der Waals surface area contributed by atoms with E-state index in [-0.39, 0.29) is 11.7 Å². The van der Waals surface area contributed by atoms with E-state index < -0.39 is 0 Å². The van der Waals surface area contributed by atoms with Gasteiger partial charge in [-0.2, -0.15) is 0 Å². The van der Waals surface area contributed by atoms with E-state index in [0.29, 0.717) is 27.7 Å². The first-order chi connectivity index (χ1) is 12.9. The Kier molecular flexibility index (Phi) is 5.52. The Balaban J connectivity index is 1.66. The number of anilines is 3. The van der Waals surface area contributed by atoms with Crippen molar-refractivity contribution in [1.29, 1.82) is 0 Å². The first-order valence-electron chi connectivity index (χ1n) is 8.34. The van der Waals surface area contributed by atoms with E-state index in [1.165, 1.54) is 13.1 Å². The average Bonchev–Trinajstić information content (AvgIpc) is 2.66. The van der Waals surface area contributed by atoms with E-state index in [2.05, 4.69) is 15.6 Å². The van der Waals surface area contributed by atoms with E-state index in [9.17, 15) is 9.59 Å². The summed E-state index contributed by atoms with van der Waals surface area (Å²) in [5.41, 5.74) is 3.46. The fraction of sp³-hybridized carbons (Fsp3) is 0.0952. The summed E-state index contributed by atoms with van der Waals surface area (Å²) < 4.78 is 0. The van der Waals surface area contributed by atoms with Crippen LogP contribution >= 0.6 is 11.6 Å². The van der Waals surface area contributed by atoms with Gasteiger partial charge in [-0.1, -0.05) is 17.7 Å². The maximum absolute atomic E-state index is 12.3. The third-order valence-electron chi connectivity index (χ3n) is 4.02. The second-order valence-electron chi connectivity index (χ2n) is 6.11. The van der Waals surface area contributed by atoms with Crippen LogP contribution in [0, 0.1) is 6.92 Å². The summed E-state index contributed by atoms with van der Waals surface area (Å²) in [6.07, 6.45) is 1.50. The zero-order valence-electron chi connectivity index (χ0n) is 14.9. The number of nitrogens with zero attached hydrogens (tertiary/aromatic N) is 1. The molecule has 136 valence electrons. The second kappa shape index (κ2) is 8.01. The number of hydrogen-bond acceptors (Lipinski definition) is 4. The van der Waals surface area contributed by atoms with Crippen LogP contribution in [0.15, 0.2) is 60.8 Å². The Hall–Kier alpha value is -3.18. The number of ketones is 1. The minimum Gasteiger partial charge on any atom is -0.340 e. The number of carbonyl (C=O) groups is 2. The lowest BCUT2D eigenvalue weighted by Gasteiger charge is -2.09. The van der Waals surface area contributed by atoms with Gasteiger partial charge in [0.25, 0.3) is 5.91 Å². The predicted octanol–water partition coefficient (Wildman–Crippen LogP) is 5.24. The molecule has 2 aromatic carbocycles. The molecule has 0 saturated carbocycles. The lowest BCUT2D eigenvalue weighted by molar-refractivity contribution is 0.101. The summed E-state index contributed by atoms with van der Waals surface area (Å²) in [6.45, 7) is 3.43. The minimum atomic E-state index is -0.264. The smallest absolute Gasteiger partial charge is 0.257 e. The fourth-order valence-corrected chi connectivity index (χ4v) is 2.59. The van der Waals surface area contributed by atoms with Crippen molar-refractivity contribution in [2.24, 2.45) is 0 Å².